The van der Waals surface area contributed by atoms with Gasteiger partial charge in [0.25, 0.3) is 0 Å². The van der Waals surface area contributed by atoms with Crippen molar-refractivity contribution >= 4 is 35.5 Å². The first-order valence-electron chi connectivity index (χ1n) is 15.6. The summed E-state index contributed by atoms with van der Waals surface area (Å²) in [5.74, 6) is -5.49. The fraction of sp³-hybridized carbons (Fsp3) is 0.645. The Morgan fingerprint density at radius 2 is 1.00 bits per heavy atom. The molecule has 1 atom stereocenters. The van der Waals surface area contributed by atoms with E-state index in [-0.39, 0.29) is 71.0 Å². The van der Waals surface area contributed by atoms with E-state index >= 15 is 0 Å². The van der Waals surface area contributed by atoms with E-state index in [2.05, 4.69) is 5.32 Å². The molecule has 1 aromatic rings. The third-order valence-electron chi connectivity index (χ3n) is 7.61. The molecule has 16 heteroatoms. The lowest BCUT2D eigenvalue weighted by Gasteiger charge is -2.37. The highest BCUT2D eigenvalue weighted by Crippen LogP contribution is 2.18. The van der Waals surface area contributed by atoms with Crippen molar-refractivity contribution in [3.05, 3.63) is 29.8 Å². The number of carboxylic acid groups (broad SMARTS) is 5. The van der Waals surface area contributed by atoms with Crippen LogP contribution in [0.4, 0.5) is 5.69 Å². The Morgan fingerprint density at radius 3 is 1.32 bits per heavy atom. The minimum absolute atomic E-state index is 0.164. The second-order valence-corrected chi connectivity index (χ2v) is 12.9. The highest BCUT2D eigenvalue weighted by molar-refractivity contribution is 5.73. The monoisotopic (exact) mass is 666 g/mol. The highest BCUT2D eigenvalue weighted by atomic mass is 16.4. The third kappa shape index (κ3) is 17.1. The summed E-state index contributed by atoms with van der Waals surface area (Å²) in [7, 11) is 0. The van der Waals surface area contributed by atoms with Crippen molar-refractivity contribution in [3.63, 3.8) is 0 Å². The van der Waals surface area contributed by atoms with Crippen molar-refractivity contribution < 1.29 is 49.5 Å². The van der Waals surface area contributed by atoms with Gasteiger partial charge in [-0.05, 0) is 44.9 Å². The molecule has 1 aliphatic rings. The maximum absolute atomic E-state index is 11.8. The molecular weight excluding hydrogens is 616 g/mol. The molecule has 1 unspecified atom stereocenters. The number of carboxylic acids is 5. The van der Waals surface area contributed by atoms with Crippen LogP contribution in [0, 0.1) is 0 Å². The third-order valence-corrected chi connectivity index (χ3v) is 7.61. The van der Waals surface area contributed by atoms with Crippen molar-refractivity contribution in [2.45, 2.75) is 38.8 Å². The normalized spacial score (nSPS) is 17.4. The molecular formula is C31H50N6O10. The molecule has 0 spiro atoms. The minimum Gasteiger partial charge on any atom is -0.480 e. The summed E-state index contributed by atoms with van der Waals surface area (Å²) in [5, 5.41) is 51.1. The molecule has 1 heterocycles. The van der Waals surface area contributed by atoms with Crippen LogP contribution < -0.4 is 5.32 Å². The van der Waals surface area contributed by atoms with E-state index in [1.165, 1.54) is 4.90 Å². The lowest BCUT2D eigenvalue weighted by molar-refractivity contribution is -0.143. The summed E-state index contributed by atoms with van der Waals surface area (Å²) in [5.41, 5.74) is 1.60. The first-order chi connectivity index (χ1) is 22.0. The largest absolute Gasteiger partial charge is 0.480 e. The van der Waals surface area contributed by atoms with Crippen LogP contribution in [0.15, 0.2) is 24.3 Å². The molecule has 0 radical (unpaired) electrons. The van der Waals surface area contributed by atoms with E-state index in [4.69, 9.17) is 0 Å². The van der Waals surface area contributed by atoms with Crippen LogP contribution in [0.5, 0.6) is 0 Å². The summed E-state index contributed by atoms with van der Waals surface area (Å²) in [6, 6.07) is 7.07. The van der Waals surface area contributed by atoms with Gasteiger partial charge in [0, 0.05) is 76.2 Å². The van der Waals surface area contributed by atoms with Gasteiger partial charge in [-0.15, -0.1) is 0 Å². The first kappa shape index (κ1) is 39.3. The minimum atomic E-state index is -1.18. The summed E-state index contributed by atoms with van der Waals surface area (Å²) in [4.78, 5) is 66.9. The smallest absolute Gasteiger partial charge is 0.317 e. The molecule has 0 aliphatic carbocycles. The van der Waals surface area contributed by atoms with E-state index < -0.39 is 49.0 Å². The van der Waals surface area contributed by atoms with Gasteiger partial charge >= 0.3 is 29.8 Å². The molecule has 264 valence electrons. The van der Waals surface area contributed by atoms with Crippen LogP contribution in [0.2, 0.25) is 0 Å². The number of hydrogen-bond donors (Lipinski definition) is 6. The standard InChI is InChI=1S/C31H50N6O10/c1-31(2,3)32-24-6-4-23(5-7-24)16-25(37(21-29(44)45)22-30(46)47)17-33-8-10-34(18-26(38)39)12-14-36(20-28(42)43)15-13-35(11-9-33)19-27(40)41/h4-7,25,32H,8-22H2,1-3H3,(H,38,39)(H,40,41)(H,42,43)(H,44,45)(H,46,47). The number of hydrogen-bond acceptors (Lipinski definition) is 11. The molecule has 1 aromatic carbocycles. The number of rotatable bonds is 16. The molecule has 0 bridgehead atoms. The molecule has 0 amide bonds. The number of nitrogens with one attached hydrogen (secondary N) is 1. The number of aliphatic carboxylic acids is 5. The van der Waals surface area contributed by atoms with Crippen LogP contribution in [-0.2, 0) is 30.4 Å². The first-order valence-corrected chi connectivity index (χ1v) is 15.6. The van der Waals surface area contributed by atoms with Gasteiger partial charge in [-0.3, -0.25) is 48.5 Å². The molecule has 6 N–H and O–H groups in total. The van der Waals surface area contributed by atoms with Gasteiger partial charge in [0.15, 0.2) is 0 Å². The van der Waals surface area contributed by atoms with E-state index in [1.807, 2.05) is 49.9 Å². The lowest BCUT2D eigenvalue weighted by Crippen LogP contribution is -2.53. The van der Waals surface area contributed by atoms with Gasteiger partial charge in [0.2, 0.25) is 0 Å². The number of nitrogens with zero attached hydrogens (tertiary/aromatic N) is 5. The van der Waals surface area contributed by atoms with Crippen molar-refractivity contribution in [2.24, 2.45) is 0 Å². The molecule has 0 aromatic heterocycles. The second kappa shape index (κ2) is 19.1. The molecule has 1 fully saturated rings. The van der Waals surface area contributed by atoms with Crippen LogP contribution in [-0.4, -0.2) is 183 Å². The zero-order chi connectivity index (χ0) is 35.1. The number of anilines is 1. The van der Waals surface area contributed by atoms with Crippen LogP contribution >= 0.6 is 0 Å². The highest BCUT2D eigenvalue weighted by Gasteiger charge is 2.27. The fourth-order valence-electron chi connectivity index (χ4n) is 5.51. The average Bonchev–Trinajstić information content (AvgIpc) is 2.92. The average molecular weight is 667 g/mol. The maximum atomic E-state index is 11.8. The summed E-state index contributed by atoms with van der Waals surface area (Å²) in [6.45, 7) is 6.74. The number of benzene rings is 1. The summed E-state index contributed by atoms with van der Waals surface area (Å²) >= 11 is 0. The van der Waals surface area contributed by atoms with Crippen molar-refractivity contribution in [3.8, 4) is 0 Å². The van der Waals surface area contributed by atoms with Crippen molar-refractivity contribution in [2.75, 3.05) is 96.9 Å². The van der Waals surface area contributed by atoms with Crippen LogP contribution in [0.1, 0.15) is 26.3 Å². The number of carbonyl (C=O) groups is 5. The molecule has 0 saturated carbocycles. The van der Waals surface area contributed by atoms with Crippen LogP contribution in [0.3, 0.4) is 0 Å². The van der Waals surface area contributed by atoms with Gasteiger partial charge in [0.1, 0.15) is 0 Å². The molecule has 16 nitrogen and oxygen atoms in total. The lowest BCUT2D eigenvalue weighted by atomic mass is 10.0. The Kier molecular flexibility index (Phi) is 16.0. The van der Waals surface area contributed by atoms with Gasteiger partial charge in [-0.2, -0.15) is 0 Å². The van der Waals surface area contributed by atoms with E-state index in [0.29, 0.717) is 19.5 Å². The van der Waals surface area contributed by atoms with E-state index in [9.17, 15) is 49.5 Å². The zero-order valence-electron chi connectivity index (χ0n) is 27.5. The van der Waals surface area contributed by atoms with Crippen molar-refractivity contribution in [1.29, 1.82) is 0 Å². The SMILES string of the molecule is CC(C)(C)Nc1ccc(CC(CN2CCN(CC(=O)O)CCN(CC(=O)O)CCN(CC(=O)O)CC2)N(CC(=O)O)CC(=O)O)cc1. The van der Waals surface area contributed by atoms with E-state index in [1.54, 1.807) is 14.7 Å². The zero-order valence-corrected chi connectivity index (χ0v) is 27.5. The summed E-state index contributed by atoms with van der Waals surface area (Å²) in [6.07, 6.45) is 0.328. The Balaban J connectivity index is 2.41. The Morgan fingerprint density at radius 1 is 0.638 bits per heavy atom. The van der Waals surface area contributed by atoms with Crippen LogP contribution in [0.25, 0.3) is 0 Å². The molecule has 47 heavy (non-hydrogen) atoms. The maximum Gasteiger partial charge on any atom is 0.317 e. The van der Waals surface area contributed by atoms with Gasteiger partial charge in [0.05, 0.1) is 32.7 Å². The van der Waals surface area contributed by atoms with Crippen molar-refractivity contribution in [1.82, 2.24) is 24.5 Å². The molecule has 1 aliphatic heterocycles. The fourth-order valence-corrected chi connectivity index (χ4v) is 5.51. The Labute approximate surface area is 275 Å². The predicted octanol–water partition coefficient (Wildman–Crippen LogP) is -0.245. The van der Waals surface area contributed by atoms with Gasteiger partial charge < -0.3 is 30.8 Å². The van der Waals surface area contributed by atoms with Gasteiger partial charge in [-0.1, -0.05) is 12.1 Å². The Bertz CT molecular complexity index is 1140. The van der Waals surface area contributed by atoms with E-state index in [0.717, 1.165) is 11.3 Å². The quantitative estimate of drug-likeness (QED) is 0.134. The Hall–Kier alpha value is -3.83. The summed E-state index contributed by atoms with van der Waals surface area (Å²) < 4.78 is 0. The molecule has 2 rings (SSSR count). The molecule has 1 saturated heterocycles. The predicted molar refractivity (Wildman–Crippen MR) is 173 cm³/mol. The topological polar surface area (TPSA) is 215 Å². The second-order valence-electron chi connectivity index (χ2n) is 12.9. The van der Waals surface area contributed by atoms with Gasteiger partial charge in [-0.25, -0.2) is 0 Å².